The van der Waals surface area contributed by atoms with E-state index in [1.807, 2.05) is 65.1 Å². The molecule has 0 atom stereocenters. The highest BCUT2D eigenvalue weighted by Gasteiger charge is 2.21. The highest BCUT2D eigenvalue weighted by molar-refractivity contribution is 7.22. The number of hydrogen-bond donors (Lipinski definition) is 0. The number of aryl methyl sites for hydroxylation is 2. The lowest BCUT2D eigenvalue weighted by atomic mass is 10.0. The molecule has 0 unspecified atom stereocenters. The molecule has 0 N–H and O–H groups in total. The van der Waals surface area contributed by atoms with Gasteiger partial charge in [0.25, 0.3) is 0 Å². The van der Waals surface area contributed by atoms with Gasteiger partial charge in [0.2, 0.25) is 5.91 Å². The lowest BCUT2D eigenvalue weighted by Gasteiger charge is -2.20. The Morgan fingerprint density at radius 1 is 1.06 bits per heavy atom. The van der Waals surface area contributed by atoms with E-state index in [-0.39, 0.29) is 5.91 Å². The van der Waals surface area contributed by atoms with Crippen LogP contribution >= 0.6 is 22.9 Å². The highest BCUT2D eigenvalue weighted by atomic mass is 35.5. The van der Waals surface area contributed by atoms with Crippen LogP contribution in [-0.2, 0) is 17.8 Å². The predicted octanol–water partition coefficient (Wildman–Crippen LogP) is 6.79. The fraction of sp³-hybridized carbons (Fsp3) is 0.179. The number of benzene rings is 3. The molecule has 2 heterocycles. The molecule has 5 rings (SSSR count). The van der Waals surface area contributed by atoms with Crippen LogP contribution < -0.4 is 4.90 Å². The normalized spacial score (nSPS) is 11.1. The van der Waals surface area contributed by atoms with Gasteiger partial charge >= 0.3 is 0 Å². The number of aromatic nitrogens is 3. The van der Waals surface area contributed by atoms with E-state index in [1.54, 1.807) is 12.5 Å². The van der Waals surface area contributed by atoms with E-state index in [4.69, 9.17) is 16.6 Å². The van der Waals surface area contributed by atoms with Crippen LogP contribution in [-0.4, -0.2) is 27.0 Å². The van der Waals surface area contributed by atoms with Crippen molar-refractivity contribution in [1.29, 1.82) is 0 Å². The van der Waals surface area contributed by atoms with Gasteiger partial charge in [0.15, 0.2) is 5.13 Å². The Bertz CT molecular complexity index is 1430. The van der Waals surface area contributed by atoms with Crippen molar-refractivity contribution >= 4 is 44.2 Å². The molecule has 176 valence electrons. The molecule has 3 aromatic carbocycles. The summed E-state index contributed by atoms with van der Waals surface area (Å²) in [5.74, 6) is 0.0332. The van der Waals surface area contributed by atoms with Gasteiger partial charge in [-0.1, -0.05) is 77.5 Å². The molecule has 0 radical (unpaired) electrons. The summed E-state index contributed by atoms with van der Waals surface area (Å²) in [5.41, 5.74) is 5.19. The maximum atomic E-state index is 13.5. The van der Waals surface area contributed by atoms with Crippen molar-refractivity contribution in [2.75, 3.05) is 11.4 Å². The summed E-state index contributed by atoms with van der Waals surface area (Å²) >= 11 is 7.78. The molecule has 5 aromatic rings. The molecule has 0 aliphatic heterocycles. The van der Waals surface area contributed by atoms with Crippen LogP contribution in [0.2, 0.25) is 5.02 Å². The van der Waals surface area contributed by atoms with Crippen molar-refractivity contribution in [1.82, 2.24) is 14.5 Å². The van der Waals surface area contributed by atoms with Crippen LogP contribution in [0.25, 0.3) is 21.3 Å². The second kappa shape index (κ2) is 10.4. The van der Waals surface area contributed by atoms with Crippen molar-refractivity contribution in [3.8, 4) is 11.1 Å². The van der Waals surface area contributed by atoms with E-state index in [0.717, 1.165) is 45.4 Å². The maximum Gasteiger partial charge on any atom is 0.233 e. The number of carbonyl (C=O) groups is 1. The molecule has 1 amide bonds. The second-order valence-electron chi connectivity index (χ2n) is 8.51. The molecule has 0 spiro atoms. The lowest BCUT2D eigenvalue weighted by molar-refractivity contribution is -0.118. The first-order valence-corrected chi connectivity index (χ1v) is 12.7. The first-order valence-electron chi connectivity index (χ1n) is 11.5. The molecular weight excluding hydrogens is 476 g/mol. The number of nitrogens with zero attached hydrogens (tertiary/aromatic N) is 4. The SMILES string of the molecule is Cc1cc(Cl)cc2sc(N(CCCn3ccnc3)C(=O)Cc3ccc(-c4ccccc4)cc3)nc12. The van der Waals surface area contributed by atoms with E-state index in [9.17, 15) is 4.79 Å². The molecule has 0 saturated heterocycles. The number of carbonyl (C=O) groups excluding carboxylic acids is 1. The van der Waals surface area contributed by atoms with Gasteiger partial charge in [-0.15, -0.1) is 0 Å². The van der Waals surface area contributed by atoms with Crippen LogP contribution in [0.15, 0.2) is 85.5 Å². The molecular formula is C28H25ClN4OS. The van der Waals surface area contributed by atoms with Crippen LogP contribution in [0, 0.1) is 6.92 Å². The van der Waals surface area contributed by atoms with E-state index >= 15 is 0 Å². The number of rotatable bonds is 8. The third-order valence-corrected chi connectivity index (χ3v) is 7.19. The van der Waals surface area contributed by atoms with Crippen molar-refractivity contribution in [3.63, 3.8) is 0 Å². The van der Waals surface area contributed by atoms with E-state index in [1.165, 1.54) is 11.3 Å². The molecule has 0 aliphatic rings. The molecule has 0 saturated carbocycles. The summed E-state index contributed by atoms with van der Waals surface area (Å²) in [6, 6.07) is 22.3. The average molecular weight is 501 g/mol. The number of amides is 1. The predicted molar refractivity (Wildman–Crippen MR) is 144 cm³/mol. The van der Waals surface area contributed by atoms with E-state index in [2.05, 4.69) is 29.2 Å². The summed E-state index contributed by atoms with van der Waals surface area (Å²) in [5, 5.41) is 1.39. The second-order valence-corrected chi connectivity index (χ2v) is 9.95. The van der Waals surface area contributed by atoms with Crippen LogP contribution in [0.3, 0.4) is 0 Å². The third-order valence-electron chi connectivity index (χ3n) is 5.94. The smallest absolute Gasteiger partial charge is 0.233 e. The molecule has 0 aliphatic carbocycles. The number of fused-ring (bicyclic) bond motifs is 1. The van der Waals surface area contributed by atoms with Crippen molar-refractivity contribution in [2.24, 2.45) is 0 Å². The van der Waals surface area contributed by atoms with Crippen molar-refractivity contribution in [3.05, 3.63) is 102 Å². The zero-order valence-corrected chi connectivity index (χ0v) is 21.0. The molecule has 5 nitrogen and oxygen atoms in total. The quantitative estimate of drug-likeness (QED) is 0.236. The third kappa shape index (κ3) is 5.45. The largest absolute Gasteiger partial charge is 0.337 e. The summed E-state index contributed by atoms with van der Waals surface area (Å²) in [7, 11) is 0. The number of anilines is 1. The molecule has 35 heavy (non-hydrogen) atoms. The van der Waals surface area contributed by atoms with Crippen molar-refractivity contribution in [2.45, 2.75) is 26.3 Å². The first-order chi connectivity index (χ1) is 17.1. The standard InChI is InChI=1S/C28H25ClN4OS/c1-20-16-24(29)18-25-27(20)31-28(35-25)33(14-5-13-32-15-12-30-19-32)26(34)17-21-8-10-23(11-9-21)22-6-3-2-4-7-22/h2-4,6-12,15-16,18-19H,5,13-14,17H2,1H3. The Hall–Kier alpha value is -3.48. The fourth-order valence-corrected chi connectivity index (χ4v) is 5.59. The van der Waals surface area contributed by atoms with Crippen LogP contribution in [0.4, 0.5) is 5.13 Å². The molecule has 2 aromatic heterocycles. The average Bonchev–Trinajstić information content (AvgIpc) is 3.53. The number of thiazole rings is 1. The number of hydrogen-bond acceptors (Lipinski definition) is 4. The van der Waals surface area contributed by atoms with Gasteiger partial charge in [0, 0.05) is 30.5 Å². The lowest BCUT2D eigenvalue weighted by Crippen LogP contribution is -2.33. The summed E-state index contributed by atoms with van der Waals surface area (Å²) < 4.78 is 3.01. The number of imidazole rings is 1. The van der Waals surface area contributed by atoms with E-state index < -0.39 is 0 Å². The highest BCUT2D eigenvalue weighted by Crippen LogP contribution is 2.33. The Kier molecular flexibility index (Phi) is 6.93. The molecule has 0 fully saturated rings. The van der Waals surface area contributed by atoms with E-state index in [0.29, 0.717) is 23.1 Å². The van der Waals surface area contributed by atoms with Gasteiger partial charge in [-0.2, -0.15) is 0 Å². The Morgan fingerprint density at radius 3 is 2.57 bits per heavy atom. The molecule has 0 bridgehead atoms. The Balaban J connectivity index is 1.37. The maximum absolute atomic E-state index is 13.5. The van der Waals surface area contributed by atoms with Crippen LogP contribution in [0.1, 0.15) is 17.5 Å². The van der Waals surface area contributed by atoms with Crippen molar-refractivity contribution < 1.29 is 4.79 Å². The Morgan fingerprint density at radius 2 is 1.83 bits per heavy atom. The minimum Gasteiger partial charge on any atom is -0.337 e. The molecule has 7 heteroatoms. The van der Waals surface area contributed by atoms with Gasteiger partial charge in [-0.3, -0.25) is 9.69 Å². The number of halogens is 1. The van der Waals surface area contributed by atoms with Gasteiger partial charge in [0.05, 0.1) is 23.0 Å². The summed E-state index contributed by atoms with van der Waals surface area (Å²) in [4.78, 5) is 24.3. The van der Waals surface area contributed by atoms with Gasteiger partial charge in [-0.25, -0.2) is 9.97 Å². The zero-order valence-electron chi connectivity index (χ0n) is 19.4. The van der Waals surface area contributed by atoms with Gasteiger partial charge in [-0.05, 0) is 47.7 Å². The summed E-state index contributed by atoms with van der Waals surface area (Å²) in [6.45, 7) is 3.36. The Labute approximate surface area is 213 Å². The summed E-state index contributed by atoms with van der Waals surface area (Å²) in [6.07, 6.45) is 6.61. The monoisotopic (exact) mass is 500 g/mol. The topological polar surface area (TPSA) is 51.0 Å². The minimum absolute atomic E-state index is 0.0332. The van der Waals surface area contributed by atoms with Gasteiger partial charge in [0.1, 0.15) is 0 Å². The van der Waals surface area contributed by atoms with Gasteiger partial charge < -0.3 is 4.57 Å². The van der Waals surface area contributed by atoms with Crippen LogP contribution in [0.5, 0.6) is 0 Å². The first kappa shape index (κ1) is 23.3. The zero-order chi connectivity index (χ0) is 24.2. The fourth-order valence-electron chi connectivity index (χ4n) is 4.13. The minimum atomic E-state index is 0.0332.